The van der Waals surface area contributed by atoms with Gasteiger partial charge in [-0.05, 0) is 34.4 Å². The minimum atomic E-state index is -0.412. The van der Waals surface area contributed by atoms with Gasteiger partial charge in [-0.2, -0.15) is 5.10 Å². The van der Waals surface area contributed by atoms with Crippen molar-refractivity contribution in [2.24, 2.45) is 0 Å². The fraction of sp³-hybridized carbons (Fsp3) is 0.692. The van der Waals surface area contributed by atoms with Crippen LogP contribution in [0.1, 0.15) is 20.3 Å². The van der Waals surface area contributed by atoms with Gasteiger partial charge in [-0.25, -0.2) is 4.68 Å². The normalized spacial score (nSPS) is 14.3. The zero-order valence-corrected chi connectivity index (χ0v) is 13.2. The molecule has 6 nitrogen and oxygen atoms in total. The lowest BCUT2D eigenvalue weighted by Gasteiger charge is -2.18. The van der Waals surface area contributed by atoms with E-state index in [0.29, 0.717) is 25.2 Å². The molecule has 0 aliphatic carbocycles. The van der Waals surface area contributed by atoms with Crippen LogP contribution in [-0.2, 0) is 6.54 Å². The number of anilines is 1. The van der Waals surface area contributed by atoms with Gasteiger partial charge in [0.15, 0.2) is 0 Å². The van der Waals surface area contributed by atoms with Gasteiger partial charge in [-0.1, -0.05) is 11.6 Å². The fourth-order valence-electron chi connectivity index (χ4n) is 1.86. The number of rotatable bonds is 7. The molecule has 0 aliphatic heterocycles. The van der Waals surface area contributed by atoms with Crippen LogP contribution in [0.5, 0.6) is 0 Å². The van der Waals surface area contributed by atoms with Crippen molar-refractivity contribution >= 4 is 17.3 Å². The predicted molar refractivity (Wildman–Crippen MR) is 81.4 cm³/mol. The number of hydrogen-bond donors (Lipinski definition) is 2. The summed E-state index contributed by atoms with van der Waals surface area (Å²) in [5.74, 6) is 0. The van der Waals surface area contributed by atoms with Crippen molar-refractivity contribution in [3.05, 3.63) is 21.6 Å². The van der Waals surface area contributed by atoms with Crippen molar-refractivity contribution in [2.75, 3.05) is 26.0 Å². The number of aliphatic hydroxyl groups excluding tert-OH is 1. The Balaban J connectivity index is 2.81. The zero-order chi connectivity index (χ0) is 15.3. The lowest BCUT2D eigenvalue weighted by atomic mass is 10.1. The second-order valence-electron chi connectivity index (χ2n) is 5.33. The number of nitrogens with one attached hydrogen (secondary N) is 1. The highest BCUT2D eigenvalue weighted by molar-refractivity contribution is 6.32. The smallest absolute Gasteiger partial charge is 0.287 e. The second-order valence-corrected chi connectivity index (χ2v) is 5.71. The van der Waals surface area contributed by atoms with Gasteiger partial charge in [0.2, 0.25) is 0 Å². The van der Waals surface area contributed by atoms with Crippen molar-refractivity contribution in [3.8, 4) is 0 Å². The van der Waals surface area contributed by atoms with Crippen LogP contribution >= 0.6 is 11.6 Å². The maximum atomic E-state index is 12.1. The minimum absolute atomic E-state index is 0.00586. The van der Waals surface area contributed by atoms with Crippen molar-refractivity contribution in [1.29, 1.82) is 0 Å². The number of aromatic nitrogens is 2. The number of likely N-dealkylation sites (N-methyl/N-ethyl adjacent to an activating group) is 1. The molecule has 7 heteroatoms. The Morgan fingerprint density at radius 1 is 1.50 bits per heavy atom. The lowest BCUT2D eigenvalue weighted by molar-refractivity contribution is 0.179. The van der Waals surface area contributed by atoms with Gasteiger partial charge in [-0.15, -0.1) is 0 Å². The molecule has 2 atom stereocenters. The first kappa shape index (κ1) is 16.9. The molecule has 0 saturated carbocycles. The largest absolute Gasteiger partial charge is 0.393 e. The molecule has 0 bridgehead atoms. The van der Waals surface area contributed by atoms with Crippen molar-refractivity contribution < 1.29 is 5.11 Å². The first-order valence-electron chi connectivity index (χ1n) is 6.66. The molecule has 0 amide bonds. The molecule has 0 spiro atoms. The third kappa shape index (κ3) is 5.11. The molecule has 20 heavy (non-hydrogen) atoms. The van der Waals surface area contributed by atoms with E-state index >= 15 is 0 Å². The van der Waals surface area contributed by atoms with Gasteiger partial charge in [-0.3, -0.25) is 4.79 Å². The molecule has 1 rings (SSSR count). The topological polar surface area (TPSA) is 70.4 Å². The van der Waals surface area contributed by atoms with E-state index in [1.807, 2.05) is 25.9 Å². The van der Waals surface area contributed by atoms with E-state index in [-0.39, 0.29) is 16.6 Å². The first-order chi connectivity index (χ1) is 9.31. The molecule has 1 heterocycles. The average molecular weight is 303 g/mol. The van der Waals surface area contributed by atoms with Crippen molar-refractivity contribution in [3.63, 3.8) is 0 Å². The molecule has 0 saturated heterocycles. The Morgan fingerprint density at radius 3 is 2.70 bits per heavy atom. The van der Waals surface area contributed by atoms with Gasteiger partial charge in [0.25, 0.3) is 5.56 Å². The quantitative estimate of drug-likeness (QED) is 0.787. The van der Waals surface area contributed by atoms with Gasteiger partial charge >= 0.3 is 0 Å². The summed E-state index contributed by atoms with van der Waals surface area (Å²) in [5, 5.41) is 16.7. The molecular formula is C13H23ClN4O2. The minimum Gasteiger partial charge on any atom is -0.393 e. The number of nitrogens with zero attached hydrogens (tertiary/aromatic N) is 3. The summed E-state index contributed by atoms with van der Waals surface area (Å²) in [5.41, 5.74) is 0.202. The van der Waals surface area contributed by atoms with Crippen LogP contribution in [0.2, 0.25) is 5.02 Å². The Morgan fingerprint density at radius 2 is 2.15 bits per heavy atom. The van der Waals surface area contributed by atoms with Gasteiger partial charge in [0, 0.05) is 12.6 Å². The second kappa shape index (κ2) is 7.61. The SMILES string of the molecule is CC(O)CC(C)Nc1cnn(CCN(C)C)c(=O)c1Cl. The molecule has 0 radical (unpaired) electrons. The van der Waals surface area contributed by atoms with E-state index < -0.39 is 6.10 Å². The summed E-state index contributed by atoms with van der Waals surface area (Å²) in [7, 11) is 3.86. The number of aliphatic hydroxyl groups is 1. The predicted octanol–water partition coefficient (Wildman–Crippen LogP) is 1.03. The lowest BCUT2D eigenvalue weighted by Crippen LogP contribution is -2.30. The van der Waals surface area contributed by atoms with Gasteiger partial charge in [0.1, 0.15) is 5.02 Å². The van der Waals surface area contributed by atoms with Crippen LogP contribution in [-0.4, -0.2) is 52.6 Å². The molecular weight excluding hydrogens is 280 g/mol. The average Bonchev–Trinajstić information content (AvgIpc) is 2.33. The van der Waals surface area contributed by atoms with Crippen LogP contribution < -0.4 is 10.9 Å². The number of hydrogen-bond acceptors (Lipinski definition) is 5. The summed E-state index contributed by atoms with van der Waals surface area (Å²) in [4.78, 5) is 14.0. The van der Waals surface area contributed by atoms with E-state index in [1.165, 1.54) is 4.68 Å². The monoisotopic (exact) mass is 302 g/mol. The molecule has 2 N–H and O–H groups in total. The molecule has 0 aromatic carbocycles. The van der Waals surface area contributed by atoms with Crippen molar-refractivity contribution in [2.45, 2.75) is 39.0 Å². The number of halogens is 1. The van der Waals surface area contributed by atoms with Crippen LogP contribution in [0.25, 0.3) is 0 Å². The van der Waals surface area contributed by atoms with Gasteiger partial charge < -0.3 is 15.3 Å². The third-order valence-corrected chi connectivity index (χ3v) is 3.21. The maximum absolute atomic E-state index is 12.1. The van der Waals surface area contributed by atoms with E-state index in [4.69, 9.17) is 11.6 Å². The van der Waals surface area contributed by atoms with E-state index in [0.717, 1.165) is 0 Å². The van der Waals surface area contributed by atoms with Crippen molar-refractivity contribution in [1.82, 2.24) is 14.7 Å². The Hall–Kier alpha value is -1.11. The zero-order valence-electron chi connectivity index (χ0n) is 12.4. The van der Waals surface area contributed by atoms with Crippen LogP contribution in [0.15, 0.2) is 11.0 Å². The summed E-state index contributed by atoms with van der Waals surface area (Å²) in [6.07, 6.45) is 1.71. The van der Waals surface area contributed by atoms with Crippen LogP contribution in [0, 0.1) is 0 Å². The summed E-state index contributed by atoms with van der Waals surface area (Å²) >= 11 is 6.08. The fourth-order valence-corrected chi connectivity index (χ4v) is 2.06. The molecule has 114 valence electrons. The standard InChI is InChI=1S/C13H23ClN4O2/c1-9(7-10(2)19)16-11-8-15-18(6-5-17(3)4)13(20)12(11)14/h8-10,16,19H,5-7H2,1-4H3. The van der Waals surface area contributed by atoms with Gasteiger partial charge in [0.05, 0.1) is 24.5 Å². The summed E-state index contributed by atoms with van der Waals surface area (Å²) < 4.78 is 1.35. The molecule has 1 aromatic rings. The Kier molecular flexibility index (Phi) is 6.45. The molecule has 1 aromatic heterocycles. The first-order valence-corrected chi connectivity index (χ1v) is 7.04. The third-order valence-electron chi connectivity index (χ3n) is 2.84. The molecule has 2 unspecified atom stereocenters. The highest BCUT2D eigenvalue weighted by Crippen LogP contribution is 2.17. The summed E-state index contributed by atoms with van der Waals surface area (Å²) in [6.45, 7) is 4.85. The van der Waals surface area contributed by atoms with Crippen LogP contribution in [0.4, 0.5) is 5.69 Å². The van der Waals surface area contributed by atoms with E-state index in [1.54, 1.807) is 13.1 Å². The maximum Gasteiger partial charge on any atom is 0.287 e. The molecule has 0 aliphatic rings. The molecule has 0 fully saturated rings. The van der Waals surface area contributed by atoms with E-state index in [2.05, 4.69) is 10.4 Å². The highest BCUT2D eigenvalue weighted by Gasteiger charge is 2.12. The highest BCUT2D eigenvalue weighted by atomic mass is 35.5. The van der Waals surface area contributed by atoms with E-state index in [9.17, 15) is 9.90 Å². The summed E-state index contributed by atoms with van der Waals surface area (Å²) in [6, 6.07) is 0.00586. The van der Waals surface area contributed by atoms with Crippen LogP contribution in [0.3, 0.4) is 0 Å². The Bertz CT molecular complexity index is 488. The Labute approximate surface area is 124 Å².